The van der Waals surface area contributed by atoms with Gasteiger partial charge in [-0.05, 0) is 38.0 Å². The zero-order valence-electron chi connectivity index (χ0n) is 9.95. The predicted molar refractivity (Wildman–Crippen MR) is 60.3 cm³/mol. The molecule has 0 aromatic carbocycles. The SMILES string of the molecule is CCC1CCCCC1(OCCCO)C(=O)O. The van der Waals surface area contributed by atoms with Crippen molar-refractivity contribution in [3.8, 4) is 0 Å². The average Bonchev–Trinajstić information content (AvgIpc) is 2.29. The van der Waals surface area contributed by atoms with Crippen LogP contribution in [0.4, 0.5) is 0 Å². The third kappa shape index (κ3) is 2.74. The molecule has 0 spiro atoms. The molecule has 0 radical (unpaired) electrons. The van der Waals surface area contributed by atoms with Crippen molar-refractivity contribution in [2.75, 3.05) is 13.2 Å². The lowest BCUT2D eigenvalue weighted by molar-refractivity contribution is -0.181. The molecular formula is C12H22O4. The normalized spacial score (nSPS) is 30.2. The Kier molecular flexibility index (Phi) is 5.22. The first-order valence-electron chi connectivity index (χ1n) is 6.15. The van der Waals surface area contributed by atoms with Crippen LogP contribution in [0.5, 0.6) is 0 Å². The Morgan fingerprint density at radius 1 is 1.50 bits per heavy atom. The Balaban J connectivity index is 2.71. The van der Waals surface area contributed by atoms with Crippen molar-refractivity contribution < 1.29 is 19.7 Å². The van der Waals surface area contributed by atoms with Crippen LogP contribution in [0, 0.1) is 5.92 Å². The molecule has 0 bridgehead atoms. The van der Waals surface area contributed by atoms with Crippen molar-refractivity contribution >= 4 is 5.97 Å². The number of carbonyl (C=O) groups is 1. The molecule has 0 saturated heterocycles. The number of rotatable bonds is 6. The van der Waals surface area contributed by atoms with Crippen molar-refractivity contribution in [1.82, 2.24) is 0 Å². The third-order valence-electron chi connectivity index (χ3n) is 3.53. The van der Waals surface area contributed by atoms with Gasteiger partial charge in [0.1, 0.15) is 0 Å². The molecule has 16 heavy (non-hydrogen) atoms. The van der Waals surface area contributed by atoms with Gasteiger partial charge in [0.2, 0.25) is 0 Å². The summed E-state index contributed by atoms with van der Waals surface area (Å²) in [7, 11) is 0. The van der Waals surface area contributed by atoms with Crippen LogP contribution in [0.25, 0.3) is 0 Å². The number of aliphatic carboxylic acids is 1. The molecule has 1 saturated carbocycles. The van der Waals surface area contributed by atoms with E-state index in [1.165, 1.54) is 0 Å². The van der Waals surface area contributed by atoms with Crippen LogP contribution in [0.1, 0.15) is 45.4 Å². The van der Waals surface area contributed by atoms with Gasteiger partial charge in [-0.1, -0.05) is 13.3 Å². The topological polar surface area (TPSA) is 66.8 Å². The summed E-state index contributed by atoms with van der Waals surface area (Å²) < 4.78 is 5.62. The largest absolute Gasteiger partial charge is 0.479 e. The minimum absolute atomic E-state index is 0.0481. The number of ether oxygens (including phenoxy) is 1. The Bertz CT molecular complexity index is 229. The van der Waals surface area contributed by atoms with Crippen LogP contribution in [-0.2, 0) is 9.53 Å². The van der Waals surface area contributed by atoms with Crippen molar-refractivity contribution in [2.45, 2.75) is 51.0 Å². The second-order valence-electron chi connectivity index (χ2n) is 4.47. The van der Waals surface area contributed by atoms with Gasteiger partial charge in [0.15, 0.2) is 5.60 Å². The summed E-state index contributed by atoms with van der Waals surface area (Å²) in [6.45, 7) is 2.40. The predicted octanol–water partition coefficient (Wildman–Crippen LogP) is 1.81. The molecule has 1 fully saturated rings. The lowest BCUT2D eigenvalue weighted by atomic mass is 9.74. The van der Waals surface area contributed by atoms with Gasteiger partial charge in [0, 0.05) is 6.61 Å². The van der Waals surface area contributed by atoms with E-state index in [1.54, 1.807) is 0 Å². The molecule has 4 nitrogen and oxygen atoms in total. The molecule has 94 valence electrons. The lowest BCUT2D eigenvalue weighted by Gasteiger charge is -2.40. The van der Waals surface area contributed by atoms with E-state index in [-0.39, 0.29) is 12.5 Å². The Morgan fingerprint density at radius 2 is 2.25 bits per heavy atom. The van der Waals surface area contributed by atoms with E-state index in [1.807, 2.05) is 6.92 Å². The van der Waals surface area contributed by atoms with Gasteiger partial charge in [-0.25, -0.2) is 4.79 Å². The van der Waals surface area contributed by atoms with Crippen LogP contribution in [0.3, 0.4) is 0 Å². The standard InChI is InChI=1S/C12H22O4/c1-2-10-6-3-4-7-12(10,11(14)15)16-9-5-8-13/h10,13H,2-9H2,1H3,(H,14,15). The van der Waals surface area contributed by atoms with Gasteiger partial charge in [0.25, 0.3) is 0 Å². The summed E-state index contributed by atoms with van der Waals surface area (Å²) in [5.41, 5.74) is -0.998. The molecule has 0 amide bonds. The van der Waals surface area contributed by atoms with Crippen molar-refractivity contribution in [1.29, 1.82) is 0 Å². The van der Waals surface area contributed by atoms with Crippen LogP contribution in [-0.4, -0.2) is 35.0 Å². The average molecular weight is 230 g/mol. The van der Waals surface area contributed by atoms with E-state index in [2.05, 4.69) is 0 Å². The van der Waals surface area contributed by atoms with Gasteiger partial charge in [-0.3, -0.25) is 0 Å². The van der Waals surface area contributed by atoms with E-state index in [9.17, 15) is 9.90 Å². The maximum Gasteiger partial charge on any atom is 0.336 e. The molecule has 0 aliphatic heterocycles. The Hall–Kier alpha value is -0.610. The van der Waals surface area contributed by atoms with E-state index in [0.717, 1.165) is 25.7 Å². The molecule has 0 heterocycles. The molecule has 1 aliphatic rings. The Labute approximate surface area is 96.6 Å². The Morgan fingerprint density at radius 3 is 2.81 bits per heavy atom. The highest BCUT2D eigenvalue weighted by atomic mass is 16.5. The second kappa shape index (κ2) is 6.21. The highest BCUT2D eigenvalue weighted by Crippen LogP contribution is 2.39. The van der Waals surface area contributed by atoms with Gasteiger partial charge in [-0.2, -0.15) is 0 Å². The summed E-state index contributed by atoms with van der Waals surface area (Å²) >= 11 is 0. The van der Waals surface area contributed by atoms with Gasteiger partial charge < -0.3 is 14.9 Å². The summed E-state index contributed by atoms with van der Waals surface area (Å²) in [6, 6.07) is 0. The number of hydrogen-bond donors (Lipinski definition) is 2. The lowest BCUT2D eigenvalue weighted by Crippen LogP contribution is -2.50. The maximum absolute atomic E-state index is 11.5. The molecule has 0 aromatic heterocycles. The first-order chi connectivity index (χ1) is 7.67. The van der Waals surface area contributed by atoms with E-state index in [4.69, 9.17) is 9.84 Å². The fraction of sp³-hybridized carbons (Fsp3) is 0.917. The highest BCUT2D eigenvalue weighted by molar-refractivity contribution is 5.78. The third-order valence-corrected chi connectivity index (χ3v) is 3.53. The second-order valence-corrected chi connectivity index (χ2v) is 4.47. The molecule has 0 aromatic rings. The van der Waals surface area contributed by atoms with E-state index in [0.29, 0.717) is 19.4 Å². The van der Waals surface area contributed by atoms with Gasteiger partial charge >= 0.3 is 5.97 Å². The first kappa shape index (κ1) is 13.5. The van der Waals surface area contributed by atoms with Crippen molar-refractivity contribution in [3.63, 3.8) is 0 Å². The summed E-state index contributed by atoms with van der Waals surface area (Å²) in [6.07, 6.45) is 4.89. The number of aliphatic hydroxyl groups is 1. The molecule has 2 N–H and O–H groups in total. The minimum atomic E-state index is -0.998. The number of aliphatic hydroxyl groups excluding tert-OH is 1. The number of hydrogen-bond acceptors (Lipinski definition) is 3. The smallest absolute Gasteiger partial charge is 0.336 e. The van der Waals surface area contributed by atoms with E-state index < -0.39 is 11.6 Å². The van der Waals surface area contributed by atoms with Crippen molar-refractivity contribution in [3.05, 3.63) is 0 Å². The van der Waals surface area contributed by atoms with Crippen LogP contribution in [0.15, 0.2) is 0 Å². The molecule has 4 heteroatoms. The quantitative estimate of drug-likeness (QED) is 0.683. The molecule has 1 rings (SSSR count). The molecule has 2 unspecified atom stereocenters. The fourth-order valence-corrected chi connectivity index (χ4v) is 2.60. The van der Waals surface area contributed by atoms with Crippen molar-refractivity contribution in [2.24, 2.45) is 5.92 Å². The van der Waals surface area contributed by atoms with Gasteiger partial charge in [-0.15, -0.1) is 0 Å². The molecule has 2 atom stereocenters. The molecule has 1 aliphatic carbocycles. The molecular weight excluding hydrogens is 208 g/mol. The highest BCUT2D eigenvalue weighted by Gasteiger charge is 2.47. The number of carboxylic acids is 1. The van der Waals surface area contributed by atoms with Gasteiger partial charge in [0.05, 0.1) is 6.61 Å². The summed E-state index contributed by atoms with van der Waals surface area (Å²) in [5.74, 6) is -0.727. The zero-order chi connectivity index (χ0) is 12.0. The van der Waals surface area contributed by atoms with Crippen LogP contribution < -0.4 is 0 Å². The zero-order valence-corrected chi connectivity index (χ0v) is 9.95. The summed E-state index contributed by atoms with van der Waals surface area (Å²) in [4.78, 5) is 11.5. The summed E-state index contributed by atoms with van der Waals surface area (Å²) in [5, 5.41) is 18.1. The number of carboxylic acid groups (broad SMARTS) is 1. The van der Waals surface area contributed by atoms with Crippen LogP contribution >= 0.6 is 0 Å². The monoisotopic (exact) mass is 230 g/mol. The maximum atomic E-state index is 11.5. The first-order valence-corrected chi connectivity index (χ1v) is 6.15. The fourth-order valence-electron chi connectivity index (χ4n) is 2.60. The van der Waals surface area contributed by atoms with Crippen LogP contribution in [0.2, 0.25) is 0 Å². The minimum Gasteiger partial charge on any atom is -0.479 e. The van der Waals surface area contributed by atoms with E-state index >= 15 is 0 Å².